The van der Waals surface area contributed by atoms with Gasteiger partial charge in [-0.3, -0.25) is 0 Å². The summed E-state index contributed by atoms with van der Waals surface area (Å²) in [6.45, 7) is 0. The lowest BCUT2D eigenvalue weighted by molar-refractivity contribution is 0.0696. The molecular weight excluding hydrogens is 252 g/mol. The molecule has 1 fully saturated rings. The van der Waals surface area contributed by atoms with Crippen LogP contribution in [0.3, 0.4) is 0 Å². The smallest absolute Gasteiger partial charge is 0.337 e. The Hall–Kier alpha value is -2.36. The van der Waals surface area contributed by atoms with Crippen molar-refractivity contribution in [2.75, 3.05) is 5.32 Å². The van der Waals surface area contributed by atoms with E-state index >= 15 is 0 Å². The molecule has 1 aliphatic rings. The first-order valence-corrected chi connectivity index (χ1v) is 6.73. The number of aromatic nitrogens is 1. The summed E-state index contributed by atoms with van der Waals surface area (Å²) in [5.74, 6) is -0.232. The highest BCUT2D eigenvalue weighted by Crippen LogP contribution is 2.43. The van der Waals surface area contributed by atoms with Gasteiger partial charge in [0, 0.05) is 6.20 Å². The summed E-state index contributed by atoms with van der Waals surface area (Å²) in [7, 11) is 0. The Kier molecular flexibility index (Phi) is 3.14. The molecule has 4 nitrogen and oxygen atoms in total. The largest absolute Gasteiger partial charge is 0.478 e. The first kappa shape index (κ1) is 12.7. The second-order valence-corrected chi connectivity index (χ2v) is 5.16. The molecule has 1 aliphatic carbocycles. The van der Waals surface area contributed by atoms with Gasteiger partial charge in [-0.2, -0.15) is 0 Å². The molecule has 1 saturated carbocycles. The summed E-state index contributed by atoms with van der Waals surface area (Å²) in [6.07, 6.45) is 4.72. The first-order valence-electron chi connectivity index (χ1n) is 6.73. The third kappa shape index (κ3) is 2.25. The molecule has 1 heterocycles. The standard InChI is InChI=1S/C16H16N2O2/c19-15(20)12-7-8-14(17-11-12)18-16(9-4-10-16)13-5-2-1-3-6-13/h1-3,5-8,11H,4,9-10H2,(H,17,18)(H,19,20). The Morgan fingerprint density at radius 1 is 1.15 bits per heavy atom. The van der Waals surface area contributed by atoms with Crippen LogP contribution in [0.25, 0.3) is 0 Å². The number of carboxylic acid groups (broad SMARTS) is 1. The van der Waals surface area contributed by atoms with Crippen molar-refractivity contribution in [1.29, 1.82) is 0 Å². The van der Waals surface area contributed by atoms with Crippen LogP contribution >= 0.6 is 0 Å². The van der Waals surface area contributed by atoms with Crippen molar-refractivity contribution < 1.29 is 9.90 Å². The van der Waals surface area contributed by atoms with Crippen LogP contribution in [0.4, 0.5) is 5.82 Å². The van der Waals surface area contributed by atoms with Gasteiger partial charge in [0.1, 0.15) is 5.82 Å². The minimum Gasteiger partial charge on any atom is -0.478 e. The highest BCUT2D eigenvalue weighted by Gasteiger charge is 2.38. The van der Waals surface area contributed by atoms with E-state index < -0.39 is 5.97 Å². The minimum atomic E-state index is -0.953. The lowest BCUT2D eigenvalue weighted by Crippen LogP contribution is -2.42. The number of carboxylic acids is 1. The van der Waals surface area contributed by atoms with Crippen molar-refractivity contribution in [1.82, 2.24) is 4.98 Å². The molecule has 0 spiro atoms. The zero-order valence-electron chi connectivity index (χ0n) is 11.0. The molecule has 0 aliphatic heterocycles. The fourth-order valence-electron chi connectivity index (χ4n) is 2.61. The molecule has 1 aromatic heterocycles. The van der Waals surface area contributed by atoms with Gasteiger partial charge in [0.2, 0.25) is 0 Å². The molecule has 0 radical (unpaired) electrons. The molecule has 2 N–H and O–H groups in total. The SMILES string of the molecule is O=C(O)c1ccc(NC2(c3ccccc3)CCC2)nc1. The van der Waals surface area contributed by atoms with Gasteiger partial charge in [-0.15, -0.1) is 0 Å². The maximum atomic E-state index is 10.8. The van der Waals surface area contributed by atoms with Crippen molar-refractivity contribution in [3.05, 3.63) is 59.8 Å². The summed E-state index contributed by atoms with van der Waals surface area (Å²) in [6, 6.07) is 13.6. The van der Waals surface area contributed by atoms with Gasteiger partial charge < -0.3 is 10.4 Å². The van der Waals surface area contributed by atoms with Crippen LogP contribution in [-0.4, -0.2) is 16.1 Å². The summed E-state index contributed by atoms with van der Waals surface area (Å²) >= 11 is 0. The average molecular weight is 268 g/mol. The molecule has 0 bridgehead atoms. The molecule has 20 heavy (non-hydrogen) atoms. The van der Waals surface area contributed by atoms with Crippen LogP contribution in [0.15, 0.2) is 48.7 Å². The number of nitrogens with one attached hydrogen (secondary N) is 1. The highest BCUT2D eigenvalue weighted by atomic mass is 16.4. The number of rotatable bonds is 4. The fourth-order valence-corrected chi connectivity index (χ4v) is 2.61. The van der Waals surface area contributed by atoms with Gasteiger partial charge in [-0.05, 0) is 37.0 Å². The van der Waals surface area contributed by atoms with E-state index in [1.165, 1.54) is 18.2 Å². The van der Waals surface area contributed by atoms with Gasteiger partial charge in [0.05, 0.1) is 11.1 Å². The summed E-state index contributed by atoms with van der Waals surface area (Å²) in [5.41, 5.74) is 1.41. The van der Waals surface area contributed by atoms with E-state index in [2.05, 4.69) is 22.4 Å². The monoisotopic (exact) mass is 268 g/mol. The molecule has 0 atom stereocenters. The fraction of sp³-hybridized carbons (Fsp3) is 0.250. The third-order valence-corrected chi connectivity index (χ3v) is 3.91. The second kappa shape index (κ2) is 4.96. The predicted molar refractivity (Wildman–Crippen MR) is 76.8 cm³/mol. The average Bonchev–Trinajstić information content (AvgIpc) is 2.44. The van der Waals surface area contributed by atoms with E-state index in [9.17, 15) is 4.79 Å². The van der Waals surface area contributed by atoms with Crippen LogP contribution < -0.4 is 5.32 Å². The molecule has 102 valence electrons. The Bertz CT molecular complexity index is 604. The maximum Gasteiger partial charge on any atom is 0.337 e. The minimum absolute atomic E-state index is 0.0565. The van der Waals surface area contributed by atoms with Gasteiger partial charge in [-0.25, -0.2) is 9.78 Å². The van der Waals surface area contributed by atoms with E-state index in [0.717, 1.165) is 18.7 Å². The van der Waals surface area contributed by atoms with Crippen LogP contribution in [0.5, 0.6) is 0 Å². The van der Waals surface area contributed by atoms with Crippen LogP contribution in [0.2, 0.25) is 0 Å². The number of nitrogens with zero attached hydrogens (tertiary/aromatic N) is 1. The number of hydrogen-bond donors (Lipinski definition) is 2. The van der Waals surface area contributed by atoms with Crippen molar-refractivity contribution >= 4 is 11.8 Å². The molecule has 0 saturated heterocycles. The predicted octanol–water partition coefficient (Wildman–Crippen LogP) is 3.27. The van der Waals surface area contributed by atoms with Crippen LogP contribution in [0, 0.1) is 0 Å². The number of carbonyl (C=O) groups is 1. The summed E-state index contributed by atoms with van der Waals surface area (Å²) < 4.78 is 0. The van der Waals surface area contributed by atoms with Crippen molar-refractivity contribution in [2.24, 2.45) is 0 Å². The Labute approximate surface area is 117 Å². The van der Waals surface area contributed by atoms with Gasteiger partial charge in [-0.1, -0.05) is 30.3 Å². The van der Waals surface area contributed by atoms with Crippen molar-refractivity contribution in [3.63, 3.8) is 0 Å². The van der Waals surface area contributed by atoms with Crippen molar-refractivity contribution in [2.45, 2.75) is 24.8 Å². The first-order chi connectivity index (χ1) is 9.70. The van der Waals surface area contributed by atoms with E-state index in [4.69, 9.17) is 5.11 Å². The normalized spacial score (nSPS) is 16.2. The van der Waals surface area contributed by atoms with Crippen LogP contribution in [-0.2, 0) is 5.54 Å². The van der Waals surface area contributed by atoms with E-state index in [1.807, 2.05) is 18.2 Å². The zero-order valence-corrected chi connectivity index (χ0v) is 11.0. The van der Waals surface area contributed by atoms with Gasteiger partial charge in [0.15, 0.2) is 0 Å². The lowest BCUT2D eigenvalue weighted by atomic mass is 9.72. The van der Waals surface area contributed by atoms with Gasteiger partial charge >= 0.3 is 5.97 Å². The lowest BCUT2D eigenvalue weighted by Gasteiger charge is -2.43. The molecule has 0 unspecified atom stereocenters. The zero-order chi connectivity index (χ0) is 14.0. The molecule has 4 heteroatoms. The topological polar surface area (TPSA) is 62.2 Å². The van der Waals surface area contributed by atoms with E-state index in [0.29, 0.717) is 0 Å². The number of anilines is 1. The maximum absolute atomic E-state index is 10.8. The number of pyridine rings is 1. The number of benzene rings is 1. The summed E-state index contributed by atoms with van der Waals surface area (Å²) in [4.78, 5) is 15.0. The molecule has 3 rings (SSSR count). The number of aromatic carboxylic acids is 1. The van der Waals surface area contributed by atoms with E-state index in [1.54, 1.807) is 12.1 Å². The number of hydrogen-bond acceptors (Lipinski definition) is 3. The highest BCUT2D eigenvalue weighted by molar-refractivity contribution is 5.87. The van der Waals surface area contributed by atoms with E-state index in [-0.39, 0.29) is 11.1 Å². The molecule has 2 aromatic rings. The molecular formula is C16H16N2O2. The Morgan fingerprint density at radius 3 is 2.40 bits per heavy atom. The molecule has 0 amide bonds. The second-order valence-electron chi connectivity index (χ2n) is 5.16. The van der Waals surface area contributed by atoms with Crippen LogP contribution in [0.1, 0.15) is 35.2 Å². The third-order valence-electron chi connectivity index (χ3n) is 3.91. The quantitative estimate of drug-likeness (QED) is 0.893. The Morgan fingerprint density at radius 2 is 1.90 bits per heavy atom. The van der Waals surface area contributed by atoms with Gasteiger partial charge in [0.25, 0.3) is 0 Å². The Balaban J connectivity index is 1.83. The van der Waals surface area contributed by atoms with Crippen molar-refractivity contribution in [3.8, 4) is 0 Å². The molecule has 1 aromatic carbocycles. The summed E-state index contributed by atoms with van der Waals surface area (Å²) in [5, 5.41) is 12.4.